The number of aryl methyl sites for hydroxylation is 1. The number of fused-ring (bicyclic) bond motifs is 5. The van der Waals surface area contributed by atoms with E-state index in [-0.39, 0.29) is 5.63 Å². The van der Waals surface area contributed by atoms with E-state index < -0.39 is 0 Å². The van der Waals surface area contributed by atoms with Crippen molar-refractivity contribution < 1.29 is 13.9 Å². The highest BCUT2D eigenvalue weighted by molar-refractivity contribution is 5.86. The molecule has 5 heteroatoms. The van der Waals surface area contributed by atoms with Crippen LogP contribution >= 0.6 is 0 Å². The Balaban J connectivity index is 1.55. The summed E-state index contributed by atoms with van der Waals surface area (Å²) in [5, 5.41) is 1.09. The predicted molar refractivity (Wildman–Crippen MR) is 89.4 cm³/mol. The SMILES string of the molecule is O=c1oc2c3c(ccc2c2c1CCC2)OCN(CC1CCCO1)C3. The Labute approximate surface area is 140 Å². The third-order valence-corrected chi connectivity index (χ3v) is 5.47. The van der Waals surface area contributed by atoms with E-state index in [2.05, 4.69) is 11.0 Å². The second kappa shape index (κ2) is 5.60. The molecule has 1 unspecified atom stereocenters. The second-order valence-electron chi connectivity index (χ2n) is 7.04. The van der Waals surface area contributed by atoms with Gasteiger partial charge in [0.1, 0.15) is 18.1 Å². The minimum Gasteiger partial charge on any atom is -0.478 e. The summed E-state index contributed by atoms with van der Waals surface area (Å²) in [7, 11) is 0. The van der Waals surface area contributed by atoms with Gasteiger partial charge in [0.25, 0.3) is 0 Å². The van der Waals surface area contributed by atoms with E-state index in [1.807, 2.05) is 6.07 Å². The maximum absolute atomic E-state index is 12.3. The van der Waals surface area contributed by atoms with Gasteiger partial charge in [0.2, 0.25) is 0 Å². The molecule has 2 aromatic rings. The third kappa shape index (κ3) is 2.26. The molecule has 2 aliphatic heterocycles. The zero-order valence-corrected chi connectivity index (χ0v) is 13.7. The van der Waals surface area contributed by atoms with Crippen molar-refractivity contribution >= 4 is 11.0 Å². The van der Waals surface area contributed by atoms with Crippen LogP contribution in [-0.2, 0) is 24.1 Å². The van der Waals surface area contributed by atoms with Gasteiger partial charge >= 0.3 is 5.63 Å². The highest BCUT2D eigenvalue weighted by Crippen LogP contribution is 2.36. The highest BCUT2D eigenvalue weighted by atomic mass is 16.5. The van der Waals surface area contributed by atoms with Crippen LogP contribution in [0.4, 0.5) is 0 Å². The molecule has 0 saturated carbocycles. The first-order valence-corrected chi connectivity index (χ1v) is 8.87. The Kier molecular flexibility index (Phi) is 3.38. The fourth-order valence-electron chi connectivity index (χ4n) is 4.29. The van der Waals surface area contributed by atoms with Crippen molar-refractivity contribution in [3.8, 4) is 5.75 Å². The van der Waals surface area contributed by atoms with E-state index >= 15 is 0 Å². The molecule has 24 heavy (non-hydrogen) atoms. The van der Waals surface area contributed by atoms with E-state index in [4.69, 9.17) is 13.9 Å². The molecular formula is C19H21NO4. The summed E-state index contributed by atoms with van der Waals surface area (Å²) >= 11 is 0. The first-order valence-electron chi connectivity index (χ1n) is 8.87. The molecule has 1 saturated heterocycles. The summed E-state index contributed by atoms with van der Waals surface area (Å²) in [6.45, 7) is 3.03. The Bertz CT molecular complexity index is 851. The van der Waals surface area contributed by atoms with E-state index in [0.717, 1.165) is 79.6 Å². The lowest BCUT2D eigenvalue weighted by Gasteiger charge is -2.30. The molecule has 0 radical (unpaired) electrons. The van der Waals surface area contributed by atoms with Crippen LogP contribution in [0.3, 0.4) is 0 Å². The molecule has 0 N–H and O–H groups in total. The van der Waals surface area contributed by atoms with Crippen molar-refractivity contribution in [1.82, 2.24) is 4.90 Å². The molecule has 1 aromatic carbocycles. The molecule has 1 aliphatic carbocycles. The van der Waals surface area contributed by atoms with Gasteiger partial charge < -0.3 is 13.9 Å². The average Bonchev–Trinajstić information content (AvgIpc) is 3.27. The monoisotopic (exact) mass is 327 g/mol. The fourth-order valence-corrected chi connectivity index (χ4v) is 4.29. The van der Waals surface area contributed by atoms with Gasteiger partial charge in [-0.1, -0.05) is 0 Å². The maximum atomic E-state index is 12.3. The molecule has 3 heterocycles. The van der Waals surface area contributed by atoms with E-state index in [0.29, 0.717) is 12.8 Å². The third-order valence-electron chi connectivity index (χ3n) is 5.47. The summed E-state index contributed by atoms with van der Waals surface area (Å²) in [5.41, 5.74) is 3.61. The molecular weight excluding hydrogens is 306 g/mol. The Morgan fingerprint density at radius 2 is 2.04 bits per heavy atom. The van der Waals surface area contributed by atoms with E-state index in [1.54, 1.807) is 0 Å². The van der Waals surface area contributed by atoms with Crippen molar-refractivity contribution in [1.29, 1.82) is 0 Å². The Morgan fingerprint density at radius 1 is 1.12 bits per heavy atom. The second-order valence-corrected chi connectivity index (χ2v) is 7.04. The van der Waals surface area contributed by atoms with Crippen molar-refractivity contribution in [3.63, 3.8) is 0 Å². The first kappa shape index (κ1) is 14.5. The molecule has 0 bridgehead atoms. The number of hydrogen-bond donors (Lipinski definition) is 0. The van der Waals surface area contributed by atoms with Gasteiger partial charge in [-0.2, -0.15) is 0 Å². The first-order chi connectivity index (χ1) is 11.8. The van der Waals surface area contributed by atoms with Crippen molar-refractivity contribution in [2.75, 3.05) is 19.9 Å². The van der Waals surface area contributed by atoms with Crippen LogP contribution < -0.4 is 10.4 Å². The topological polar surface area (TPSA) is 51.9 Å². The molecule has 0 amide bonds. The van der Waals surface area contributed by atoms with Gasteiger partial charge in [-0.3, -0.25) is 4.90 Å². The van der Waals surface area contributed by atoms with Crippen LogP contribution in [0.1, 0.15) is 36.0 Å². The molecule has 5 nitrogen and oxygen atoms in total. The van der Waals surface area contributed by atoms with Crippen LogP contribution in [0.2, 0.25) is 0 Å². The number of nitrogens with zero attached hydrogens (tertiary/aromatic N) is 1. The maximum Gasteiger partial charge on any atom is 0.339 e. The zero-order chi connectivity index (χ0) is 16.1. The van der Waals surface area contributed by atoms with Crippen molar-refractivity contribution in [2.24, 2.45) is 0 Å². The number of rotatable bonds is 2. The molecule has 126 valence electrons. The van der Waals surface area contributed by atoms with Gasteiger partial charge in [0.15, 0.2) is 0 Å². The van der Waals surface area contributed by atoms with Gasteiger partial charge in [-0.05, 0) is 49.8 Å². The summed E-state index contributed by atoms with van der Waals surface area (Å²) in [5.74, 6) is 0.840. The van der Waals surface area contributed by atoms with Crippen LogP contribution in [0.5, 0.6) is 5.75 Å². The van der Waals surface area contributed by atoms with Gasteiger partial charge in [0.05, 0.1) is 11.7 Å². The Morgan fingerprint density at radius 3 is 2.92 bits per heavy atom. The molecule has 3 aliphatic rings. The lowest BCUT2D eigenvalue weighted by molar-refractivity contribution is 0.0281. The average molecular weight is 327 g/mol. The minimum absolute atomic E-state index is 0.167. The van der Waals surface area contributed by atoms with E-state index in [9.17, 15) is 4.79 Å². The fraction of sp³-hybridized carbons (Fsp3) is 0.526. The predicted octanol–water partition coefficient (Wildman–Crippen LogP) is 2.61. The summed E-state index contributed by atoms with van der Waals surface area (Å²) in [6.07, 6.45) is 5.39. The molecule has 1 fully saturated rings. The lowest BCUT2D eigenvalue weighted by atomic mass is 10.0. The lowest BCUT2D eigenvalue weighted by Crippen LogP contribution is -2.37. The molecule has 1 aromatic heterocycles. The number of hydrogen-bond acceptors (Lipinski definition) is 5. The van der Waals surface area contributed by atoms with Crippen LogP contribution in [0.25, 0.3) is 11.0 Å². The zero-order valence-electron chi connectivity index (χ0n) is 13.7. The number of ether oxygens (including phenoxy) is 2. The normalized spacial score (nSPS) is 23.2. The van der Waals surface area contributed by atoms with Crippen LogP contribution in [0, 0.1) is 0 Å². The van der Waals surface area contributed by atoms with Gasteiger partial charge in [0, 0.05) is 30.6 Å². The van der Waals surface area contributed by atoms with Crippen molar-refractivity contribution in [2.45, 2.75) is 44.8 Å². The summed E-state index contributed by atoms with van der Waals surface area (Å²) < 4.78 is 17.4. The molecule has 0 spiro atoms. The van der Waals surface area contributed by atoms with Gasteiger partial charge in [-0.25, -0.2) is 4.79 Å². The molecule has 1 atom stereocenters. The largest absolute Gasteiger partial charge is 0.478 e. The van der Waals surface area contributed by atoms with Crippen LogP contribution in [0.15, 0.2) is 21.3 Å². The standard InChI is InChI=1S/C19H21NO4/c21-19-15-5-1-4-13(15)14-6-7-17-16(18(14)24-19)10-20(11-23-17)9-12-3-2-8-22-12/h6-7,12H,1-5,8-11H2. The number of benzene rings is 1. The summed E-state index contributed by atoms with van der Waals surface area (Å²) in [4.78, 5) is 14.6. The summed E-state index contributed by atoms with van der Waals surface area (Å²) in [6, 6.07) is 4.08. The quantitative estimate of drug-likeness (QED) is 0.794. The molecule has 5 rings (SSSR count). The smallest absolute Gasteiger partial charge is 0.339 e. The minimum atomic E-state index is -0.167. The van der Waals surface area contributed by atoms with E-state index in [1.165, 1.54) is 5.56 Å². The van der Waals surface area contributed by atoms with Crippen LogP contribution in [-0.4, -0.2) is 30.9 Å². The van der Waals surface area contributed by atoms with Crippen molar-refractivity contribution in [3.05, 3.63) is 39.2 Å². The van der Waals surface area contributed by atoms with Gasteiger partial charge in [-0.15, -0.1) is 0 Å². The highest BCUT2D eigenvalue weighted by Gasteiger charge is 2.27. The Hall–Kier alpha value is -1.85.